The van der Waals surface area contributed by atoms with E-state index in [-0.39, 0.29) is 11.6 Å². The summed E-state index contributed by atoms with van der Waals surface area (Å²) in [5.74, 6) is -0.312. The maximum Gasteiger partial charge on any atom is 0.259 e. The number of nitrogens with one attached hydrogen (secondary N) is 1. The number of amides is 1. The molecule has 1 amide bonds. The van der Waals surface area contributed by atoms with Crippen molar-refractivity contribution < 1.29 is 13.6 Å². The van der Waals surface area contributed by atoms with Gasteiger partial charge >= 0.3 is 0 Å². The molecule has 17 heavy (non-hydrogen) atoms. The van der Waals surface area contributed by atoms with Crippen LogP contribution in [-0.2, 0) is 0 Å². The predicted molar refractivity (Wildman–Crippen MR) is 62.5 cm³/mol. The second kappa shape index (κ2) is 4.41. The van der Waals surface area contributed by atoms with Gasteiger partial charge in [0.05, 0.1) is 17.5 Å². The summed E-state index contributed by atoms with van der Waals surface area (Å²) in [5.41, 5.74) is 1.38. The van der Waals surface area contributed by atoms with Crippen molar-refractivity contribution in [1.29, 1.82) is 0 Å². The van der Waals surface area contributed by atoms with Crippen molar-refractivity contribution >= 4 is 11.6 Å². The molecule has 0 spiro atoms. The van der Waals surface area contributed by atoms with Gasteiger partial charge in [0.25, 0.3) is 5.91 Å². The lowest BCUT2D eigenvalue weighted by molar-refractivity contribution is 0.102. The number of benzene rings is 1. The van der Waals surface area contributed by atoms with Crippen molar-refractivity contribution in [1.82, 2.24) is 0 Å². The zero-order valence-electron chi connectivity index (χ0n) is 9.58. The smallest absolute Gasteiger partial charge is 0.259 e. The Bertz CT molecular complexity index is 560. The highest BCUT2D eigenvalue weighted by Crippen LogP contribution is 2.17. The minimum Gasteiger partial charge on any atom is -0.469 e. The van der Waals surface area contributed by atoms with Crippen LogP contribution in [0.15, 0.2) is 34.9 Å². The summed E-state index contributed by atoms with van der Waals surface area (Å²) in [6.45, 7) is 3.47. The molecule has 2 rings (SSSR count). The highest BCUT2D eigenvalue weighted by Gasteiger charge is 2.13. The molecular formula is C13H12FNO2. The molecule has 0 saturated carbocycles. The largest absolute Gasteiger partial charge is 0.469 e. The molecule has 1 N–H and O–H groups in total. The summed E-state index contributed by atoms with van der Waals surface area (Å²) >= 11 is 0. The Hall–Kier alpha value is -2.10. The van der Waals surface area contributed by atoms with Crippen LogP contribution in [0, 0.1) is 19.7 Å². The van der Waals surface area contributed by atoms with Gasteiger partial charge in [0.2, 0.25) is 0 Å². The lowest BCUT2D eigenvalue weighted by atomic mass is 10.2. The fraction of sp³-hybridized carbons (Fsp3) is 0.154. The lowest BCUT2D eigenvalue weighted by Gasteiger charge is -2.06. The fourth-order valence-electron chi connectivity index (χ4n) is 1.53. The van der Waals surface area contributed by atoms with Crippen molar-refractivity contribution in [2.24, 2.45) is 0 Å². The first-order valence-electron chi connectivity index (χ1n) is 5.19. The summed E-state index contributed by atoms with van der Waals surface area (Å²) in [5, 5.41) is 2.51. The standard InChI is InChI=1S/C13H12FNO2/c1-8-3-4-12(11(14)7-8)15-13(16)10-5-6-17-9(10)2/h3-7H,1-2H3,(H,15,16). The SMILES string of the molecule is Cc1ccc(NC(=O)c2ccoc2C)c(F)c1. The van der Waals surface area contributed by atoms with Crippen LogP contribution < -0.4 is 5.32 Å². The number of furan rings is 1. The Morgan fingerprint density at radius 3 is 2.65 bits per heavy atom. The van der Waals surface area contributed by atoms with E-state index in [2.05, 4.69) is 5.32 Å². The number of aryl methyl sites for hydroxylation is 2. The second-order valence-electron chi connectivity index (χ2n) is 3.83. The molecule has 1 aromatic carbocycles. The highest BCUT2D eigenvalue weighted by atomic mass is 19.1. The maximum absolute atomic E-state index is 13.5. The molecular weight excluding hydrogens is 221 g/mol. The first kappa shape index (κ1) is 11.4. The third-order valence-corrected chi connectivity index (χ3v) is 2.48. The Morgan fingerprint density at radius 2 is 2.06 bits per heavy atom. The summed E-state index contributed by atoms with van der Waals surface area (Å²) in [6.07, 6.45) is 1.43. The molecule has 0 saturated heterocycles. The van der Waals surface area contributed by atoms with Gasteiger partial charge in [0, 0.05) is 0 Å². The Labute approximate surface area is 98.3 Å². The fourth-order valence-corrected chi connectivity index (χ4v) is 1.53. The summed E-state index contributed by atoms with van der Waals surface area (Å²) in [6, 6.07) is 6.20. The molecule has 0 fully saturated rings. The van der Waals surface area contributed by atoms with E-state index in [1.54, 1.807) is 26.0 Å². The molecule has 0 aliphatic carbocycles. The zero-order chi connectivity index (χ0) is 12.4. The summed E-state index contributed by atoms with van der Waals surface area (Å²) < 4.78 is 18.5. The van der Waals surface area contributed by atoms with Crippen molar-refractivity contribution in [3.8, 4) is 0 Å². The monoisotopic (exact) mass is 233 g/mol. The van der Waals surface area contributed by atoms with E-state index in [0.717, 1.165) is 5.56 Å². The first-order chi connectivity index (χ1) is 8.08. The maximum atomic E-state index is 13.5. The Balaban J connectivity index is 2.22. The number of hydrogen-bond acceptors (Lipinski definition) is 2. The normalized spacial score (nSPS) is 10.3. The highest BCUT2D eigenvalue weighted by molar-refractivity contribution is 6.04. The molecule has 4 heteroatoms. The quantitative estimate of drug-likeness (QED) is 0.864. The van der Waals surface area contributed by atoms with Crippen molar-refractivity contribution in [2.45, 2.75) is 13.8 Å². The van der Waals surface area contributed by atoms with Crippen LogP contribution in [0.3, 0.4) is 0 Å². The zero-order valence-corrected chi connectivity index (χ0v) is 9.58. The van der Waals surface area contributed by atoms with Gasteiger partial charge in [-0.3, -0.25) is 4.79 Å². The molecule has 1 aromatic heterocycles. The summed E-state index contributed by atoms with van der Waals surface area (Å²) in [7, 11) is 0. The number of anilines is 1. The van der Waals surface area contributed by atoms with Crippen LogP contribution in [0.1, 0.15) is 21.7 Å². The van der Waals surface area contributed by atoms with Crippen LogP contribution >= 0.6 is 0 Å². The van der Waals surface area contributed by atoms with Crippen LogP contribution in [0.25, 0.3) is 0 Å². The molecule has 3 nitrogen and oxygen atoms in total. The van der Waals surface area contributed by atoms with Gasteiger partial charge in [-0.15, -0.1) is 0 Å². The average Bonchev–Trinajstić information content (AvgIpc) is 2.68. The van der Waals surface area contributed by atoms with E-state index < -0.39 is 5.82 Å². The van der Waals surface area contributed by atoms with Gasteiger partial charge in [0.15, 0.2) is 0 Å². The van der Waals surface area contributed by atoms with Crippen molar-refractivity contribution in [3.05, 3.63) is 53.2 Å². The van der Waals surface area contributed by atoms with Crippen LogP contribution in [0.2, 0.25) is 0 Å². The molecule has 0 bridgehead atoms. The van der Waals surface area contributed by atoms with E-state index in [4.69, 9.17) is 4.42 Å². The molecule has 0 atom stereocenters. The molecule has 0 aliphatic rings. The Morgan fingerprint density at radius 1 is 1.29 bits per heavy atom. The predicted octanol–water partition coefficient (Wildman–Crippen LogP) is 3.29. The number of hydrogen-bond donors (Lipinski definition) is 1. The Kier molecular flexibility index (Phi) is 2.95. The molecule has 2 aromatic rings. The van der Waals surface area contributed by atoms with Crippen molar-refractivity contribution in [3.63, 3.8) is 0 Å². The van der Waals surface area contributed by atoms with E-state index >= 15 is 0 Å². The minimum absolute atomic E-state index is 0.168. The molecule has 88 valence electrons. The van der Waals surface area contributed by atoms with Gasteiger partial charge in [-0.05, 0) is 37.6 Å². The minimum atomic E-state index is -0.445. The third-order valence-electron chi connectivity index (χ3n) is 2.48. The number of halogens is 1. The lowest BCUT2D eigenvalue weighted by Crippen LogP contribution is -2.13. The number of rotatable bonds is 2. The van der Waals surface area contributed by atoms with Gasteiger partial charge < -0.3 is 9.73 Å². The van der Waals surface area contributed by atoms with E-state index in [9.17, 15) is 9.18 Å². The molecule has 0 unspecified atom stereocenters. The third kappa shape index (κ3) is 2.36. The molecule has 1 heterocycles. The number of carbonyl (C=O) groups is 1. The first-order valence-corrected chi connectivity index (χ1v) is 5.19. The van der Waals surface area contributed by atoms with Crippen LogP contribution in [0.5, 0.6) is 0 Å². The van der Waals surface area contributed by atoms with Gasteiger partial charge in [-0.2, -0.15) is 0 Å². The average molecular weight is 233 g/mol. The van der Waals surface area contributed by atoms with Gasteiger partial charge in [-0.25, -0.2) is 4.39 Å². The van der Waals surface area contributed by atoms with E-state index in [1.807, 2.05) is 0 Å². The van der Waals surface area contributed by atoms with E-state index in [0.29, 0.717) is 11.3 Å². The summed E-state index contributed by atoms with van der Waals surface area (Å²) in [4.78, 5) is 11.8. The van der Waals surface area contributed by atoms with Gasteiger partial charge in [0.1, 0.15) is 11.6 Å². The van der Waals surface area contributed by atoms with Crippen molar-refractivity contribution in [2.75, 3.05) is 5.32 Å². The van der Waals surface area contributed by atoms with Crippen LogP contribution in [0.4, 0.5) is 10.1 Å². The molecule has 0 radical (unpaired) electrons. The van der Waals surface area contributed by atoms with E-state index in [1.165, 1.54) is 18.4 Å². The van der Waals surface area contributed by atoms with Gasteiger partial charge in [-0.1, -0.05) is 6.07 Å². The second-order valence-corrected chi connectivity index (χ2v) is 3.83. The number of carbonyl (C=O) groups excluding carboxylic acids is 1. The van der Waals surface area contributed by atoms with Crippen LogP contribution in [-0.4, -0.2) is 5.91 Å². The molecule has 0 aliphatic heterocycles. The topological polar surface area (TPSA) is 42.2 Å².